The molecule has 1 heterocycles. The molecule has 0 saturated carbocycles. The quantitative estimate of drug-likeness (QED) is 0.125. The fraction of sp³-hybridized carbons (Fsp3) is 0.640. The first-order valence-corrected chi connectivity index (χ1v) is 12.3. The van der Waals surface area contributed by atoms with Crippen molar-refractivity contribution in [2.75, 3.05) is 26.9 Å². The molecule has 0 radical (unpaired) electrons. The molecule has 0 aromatic rings. The average molecular weight is 512 g/mol. The van der Waals surface area contributed by atoms with E-state index in [1.165, 1.54) is 12.7 Å². The average Bonchev–Trinajstić information content (AvgIpc) is 2.78. The molecule has 7 heteroatoms. The summed E-state index contributed by atoms with van der Waals surface area (Å²) in [5.74, 6) is 0.0557. The standard InChI is InChI=1S/C25H38BrNO5/c1-6-13-32-25(31-8-3)11-9-21-19(16-25)10-12-27(17-28)22(21)14-20(18(4)26)15-23(29)24(7-2)30-5/h7,15-17,21-22,29H,6,8-14H2,1-5H3/b20-18+,23-15+,24-7+. The lowest BCUT2D eigenvalue weighted by molar-refractivity contribution is -0.212. The van der Waals surface area contributed by atoms with Crippen LogP contribution in [-0.2, 0) is 19.0 Å². The number of ether oxygens (including phenoxy) is 3. The molecule has 1 aliphatic carbocycles. The van der Waals surface area contributed by atoms with Crippen molar-refractivity contribution in [3.63, 3.8) is 0 Å². The van der Waals surface area contributed by atoms with Gasteiger partial charge in [0, 0.05) is 31.5 Å². The van der Waals surface area contributed by atoms with Crippen molar-refractivity contribution in [3.05, 3.63) is 45.4 Å². The maximum absolute atomic E-state index is 11.9. The molecule has 2 aliphatic rings. The van der Waals surface area contributed by atoms with Crippen LogP contribution in [0.4, 0.5) is 0 Å². The second-order valence-electron chi connectivity index (χ2n) is 8.27. The van der Waals surface area contributed by atoms with Crippen molar-refractivity contribution in [2.24, 2.45) is 5.92 Å². The molecule has 6 nitrogen and oxygen atoms in total. The van der Waals surface area contributed by atoms with Crippen LogP contribution < -0.4 is 0 Å². The number of halogens is 1. The molecular formula is C25H38BrNO5. The van der Waals surface area contributed by atoms with Gasteiger partial charge in [0.05, 0.1) is 13.7 Å². The van der Waals surface area contributed by atoms with Gasteiger partial charge in [0.2, 0.25) is 6.41 Å². The van der Waals surface area contributed by atoms with Gasteiger partial charge in [-0.25, -0.2) is 0 Å². The van der Waals surface area contributed by atoms with Crippen LogP contribution in [0.5, 0.6) is 0 Å². The number of nitrogens with zero attached hydrogens (tertiary/aromatic N) is 1. The van der Waals surface area contributed by atoms with E-state index >= 15 is 0 Å². The van der Waals surface area contributed by atoms with Crippen molar-refractivity contribution in [3.8, 4) is 0 Å². The maximum Gasteiger partial charge on any atom is 0.209 e. The van der Waals surface area contributed by atoms with E-state index in [0.717, 1.165) is 42.1 Å². The lowest BCUT2D eigenvalue weighted by atomic mass is 9.74. The van der Waals surface area contributed by atoms with Gasteiger partial charge in [-0.15, -0.1) is 0 Å². The van der Waals surface area contributed by atoms with E-state index in [1.54, 1.807) is 12.2 Å². The van der Waals surface area contributed by atoms with E-state index < -0.39 is 5.79 Å². The topological polar surface area (TPSA) is 68.2 Å². The number of hydrogen-bond donors (Lipinski definition) is 1. The lowest BCUT2D eigenvalue weighted by Gasteiger charge is -2.46. The number of piperidine rings is 1. The van der Waals surface area contributed by atoms with Crippen LogP contribution >= 0.6 is 15.9 Å². The van der Waals surface area contributed by atoms with Gasteiger partial charge in [-0.2, -0.15) is 0 Å². The Morgan fingerprint density at radius 3 is 2.69 bits per heavy atom. The van der Waals surface area contributed by atoms with Crippen LogP contribution in [0.2, 0.25) is 0 Å². The molecule has 1 amide bonds. The third-order valence-corrected chi connectivity index (χ3v) is 6.74. The molecule has 1 saturated heterocycles. The van der Waals surface area contributed by atoms with Gasteiger partial charge in [0.25, 0.3) is 0 Å². The number of aliphatic hydroxyl groups is 1. The molecule has 32 heavy (non-hydrogen) atoms. The Kier molecular flexibility index (Phi) is 10.5. The third-order valence-electron chi connectivity index (χ3n) is 6.23. The van der Waals surface area contributed by atoms with Crippen molar-refractivity contribution in [2.45, 2.75) is 71.6 Å². The number of allylic oxidation sites excluding steroid dienone is 3. The Balaban J connectivity index is 2.35. The number of carbonyl (C=O) groups excluding carboxylic acids is 1. The number of rotatable bonds is 11. The Hall–Kier alpha value is -1.57. The van der Waals surface area contributed by atoms with E-state index in [0.29, 0.717) is 31.9 Å². The monoisotopic (exact) mass is 511 g/mol. The van der Waals surface area contributed by atoms with Gasteiger partial charge in [0.15, 0.2) is 17.3 Å². The molecule has 3 unspecified atom stereocenters. The summed E-state index contributed by atoms with van der Waals surface area (Å²) in [5, 5.41) is 10.5. The highest BCUT2D eigenvalue weighted by molar-refractivity contribution is 9.11. The molecule has 0 spiro atoms. The summed E-state index contributed by atoms with van der Waals surface area (Å²) in [6, 6.07) is 0.00135. The molecule has 1 fully saturated rings. The van der Waals surface area contributed by atoms with Gasteiger partial charge in [-0.3, -0.25) is 4.79 Å². The summed E-state index contributed by atoms with van der Waals surface area (Å²) in [6.45, 7) is 9.76. The van der Waals surface area contributed by atoms with Crippen molar-refractivity contribution in [1.82, 2.24) is 4.90 Å². The molecule has 0 aromatic heterocycles. The first-order chi connectivity index (χ1) is 15.3. The normalized spacial score (nSPS) is 27.4. The summed E-state index contributed by atoms with van der Waals surface area (Å²) in [4.78, 5) is 13.8. The SMILES string of the molecule is C\C=C(OC)/C(O)=C\C(CC1C2CCC(OCC)(OCCC)C=C2CCN1C=O)=C(/C)Br. The Morgan fingerprint density at radius 1 is 1.38 bits per heavy atom. The van der Waals surface area contributed by atoms with Crippen LogP contribution in [0, 0.1) is 5.92 Å². The highest BCUT2D eigenvalue weighted by Crippen LogP contribution is 2.43. The second kappa shape index (κ2) is 12.6. The van der Waals surface area contributed by atoms with Gasteiger partial charge < -0.3 is 24.2 Å². The fourth-order valence-corrected chi connectivity index (χ4v) is 4.94. The molecule has 1 N–H and O–H groups in total. The van der Waals surface area contributed by atoms with Crippen molar-refractivity contribution in [1.29, 1.82) is 0 Å². The third kappa shape index (κ3) is 6.49. The maximum atomic E-state index is 11.9. The van der Waals surface area contributed by atoms with Gasteiger partial charge in [-0.1, -0.05) is 28.4 Å². The minimum absolute atomic E-state index is 0.00135. The molecule has 1 aliphatic heterocycles. The summed E-state index contributed by atoms with van der Waals surface area (Å²) >= 11 is 3.59. The van der Waals surface area contributed by atoms with Crippen molar-refractivity contribution >= 4 is 22.3 Å². The van der Waals surface area contributed by atoms with Gasteiger partial charge in [-0.05, 0) is 74.7 Å². The van der Waals surface area contributed by atoms with E-state index in [2.05, 4.69) is 28.9 Å². The summed E-state index contributed by atoms with van der Waals surface area (Å²) in [5.41, 5.74) is 2.23. The molecule has 0 bridgehead atoms. The van der Waals surface area contributed by atoms with E-state index in [1.807, 2.05) is 25.7 Å². The predicted octanol–water partition coefficient (Wildman–Crippen LogP) is 5.76. The minimum Gasteiger partial charge on any atom is -0.504 e. The zero-order valence-electron chi connectivity index (χ0n) is 20.0. The van der Waals surface area contributed by atoms with Crippen LogP contribution in [-0.4, -0.2) is 55.1 Å². The fourth-order valence-electron chi connectivity index (χ4n) is 4.67. The first kappa shape index (κ1) is 26.7. The van der Waals surface area contributed by atoms with Crippen molar-refractivity contribution < 1.29 is 24.1 Å². The van der Waals surface area contributed by atoms with E-state index in [4.69, 9.17) is 14.2 Å². The lowest BCUT2D eigenvalue weighted by Crippen LogP contribution is -2.49. The van der Waals surface area contributed by atoms with Gasteiger partial charge >= 0.3 is 0 Å². The number of amides is 1. The van der Waals surface area contributed by atoms with Crippen LogP contribution in [0.1, 0.15) is 59.8 Å². The van der Waals surface area contributed by atoms with Crippen LogP contribution in [0.15, 0.2) is 45.4 Å². The second-order valence-corrected chi connectivity index (χ2v) is 9.46. The zero-order valence-corrected chi connectivity index (χ0v) is 21.6. The number of hydrogen-bond acceptors (Lipinski definition) is 5. The summed E-state index contributed by atoms with van der Waals surface area (Å²) in [7, 11) is 1.53. The predicted molar refractivity (Wildman–Crippen MR) is 130 cm³/mol. The number of carbonyl (C=O) groups is 1. The summed E-state index contributed by atoms with van der Waals surface area (Å²) < 4.78 is 18.4. The van der Waals surface area contributed by atoms with Crippen LogP contribution in [0.25, 0.3) is 0 Å². The highest BCUT2D eigenvalue weighted by Gasteiger charge is 2.42. The molecule has 2 rings (SSSR count). The molecule has 180 valence electrons. The molecular weight excluding hydrogens is 474 g/mol. The molecule has 0 aromatic carbocycles. The first-order valence-electron chi connectivity index (χ1n) is 11.5. The Labute approximate surface area is 201 Å². The number of methoxy groups -OCH3 is 1. The smallest absolute Gasteiger partial charge is 0.209 e. The number of likely N-dealkylation sites (tertiary alicyclic amines) is 1. The number of aliphatic hydroxyl groups excluding tert-OH is 1. The minimum atomic E-state index is -0.661. The molecule has 3 atom stereocenters. The van der Waals surface area contributed by atoms with Crippen LogP contribution in [0.3, 0.4) is 0 Å². The highest BCUT2D eigenvalue weighted by atomic mass is 79.9. The Bertz CT molecular complexity index is 768. The Morgan fingerprint density at radius 2 is 2.12 bits per heavy atom. The van der Waals surface area contributed by atoms with Gasteiger partial charge in [0.1, 0.15) is 0 Å². The largest absolute Gasteiger partial charge is 0.504 e. The summed E-state index contributed by atoms with van der Waals surface area (Å²) in [6.07, 6.45) is 10.6. The van der Waals surface area contributed by atoms with E-state index in [-0.39, 0.29) is 17.7 Å². The van der Waals surface area contributed by atoms with E-state index in [9.17, 15) is 9.90 Å². The number of fused-ring (bicyclic) bond motifs is 1. The zero-order chi connectivity index (χ0) is 23.7.